The van der Waals surface area contributed by atoms with Gasteiger partial charge in [-0.15, -0.1) is 0 Å². The highest BCUT2D eigenvalue weighted by Gasteiger charge is 2.36. The maximum absolute atomic E-state index is 11.0. The van der Waals surface area contributed by atoms with Crippen LogP contribution >= 0.6 is 0 Å². The first-order valence-corrected chi connectivity index (χ1v) is 18.1. The van der Waals surface area contributed by atoms with Gasteiger partial charge in [0, 0.05) is 52.1 Å². The van der Waals surface area contributed by atoms with Crippen molar-refractivity contribution in [1.29, 1.82) is 0 Å². The summed E-state index contributed by atoms with van der Waals surface area (Å²) in [5, 5.41) is 0. The normalized spacial score (nSPS) is 30.5. The topological polar surface area (TPSA) is 47.1 Å². The van der Waals surface area contributed by atoms with Crippen molar-refractivity contribution >= 4 is 11.8 Å². The smallest absolute Gasteiger partial charge is 0.219 e. The second kappa shape index (κ2) is 18.9. The lowest BCUT2D eigenvalue weighted by Crippen LogP contribution is -2.46. The molecule has 0 N–H and O–H groups in total. The van der Waals surface area contributed by atoms with Gasteiger partial charge in [-0.25, -0.2) is 0 Å². The minimum atomic E-state index is 0.196. The Hall–Kier alpha value is -1.14. The van der Waals surface area contributed by atoms with Crippen LogP contribution in [-0.2, 0) is 9.59 Å². The third-order valence-electron chi connectivity index (χ3n) is 11.9. The summed E-state index contributed by atoms with van der Waals surface area (Å²) in [4.78, 5) is 30.4. The molecule has 0 aromatic rings. The number of rotatable bonds is 8. The van der Waals surface area contributed by atoms with Crippen molar-refractivity contribution in [3.05, 3.63) is 0 Å². The van der Waals surface area contributed by atoms with Crippen molar-refractivity contribution in [2.75, 3.05) is 42.3 Å². The lowest BCUT2D eigenvalue weighted by molar-refractivity contribution is -0.133. The molecular weight excluding hydrogens is 544 g/mol. The monoisotopic (exact) mass is 621 g/mol. The van der Waals surface area contributed by atoms with Crippen molar-refractivity contribution in [1.82, 2.24) is 19.6 Å². The predicted molar refractivity (Wildman–Crippen MR) is 190 cm³/mol. The average molecular weight is 621 g/mol. The van der Waals surface area contributed by atoms with E-state index in [-0.39, 0.29) is 11.8 Å². The molecule has 0 radical (unpaired) electrons. The van der Waals surface area contributed by atoms with E-state index in [4.69, 9.17) is 0 Å². The Labute approximate surface area is 275 Å². The number of hydrogen-bond donors (Lipinski definition) is 0. The quantitative estimate of drug-likeness (QED) is 0.278. The highest BCUT2D eigenvalue weighted by molar-refractivity contribution is 5.73. The Bertz CT molecular complexity index is 723. The second-order valence-electron chi connectivity index (χ2n) is 16.7. The van der Waals surface area contributed by atoms with Crippen LogP contribution < -0.4 is 0 Å². The predicted octanol–water partition coefficient (Wildman–Crippen LogP) is 7.76. The Morgan fingerprint density at radius 2 is 0.591 bits per heavy atom. The highest BCUT2D eigenvalue weighted by Crippen LogP contribution is 2.38. The fourth-order valence-electron chi connectivity index (χ4n) is 6.69. The van der Waals surface area contributed by atoms with E-state index in [0.29, 0.717) is 12.1 Å². The van der Waals surface area contributed by atoms with E-state index in [9.17, 15) is 9.59 Å². The van der Waals surface area contributed by atoms with E-state index in [0.717, 1.165) is 59.4 Å². The first-order chi connectivity index (χ1) is 20.3. The van der Waals surface area contributed by atoms with Gasteiger partial charge in [-0.05, 0) is 127 Å². The number of amides is 2. The van der Waals surface area contributed by atoms with Gasteiger partial charge >= 0.3 is 0 Å². The van der Waals surface area contributed by atoms with Gasteiger partial charge in [0.25, 0.3) is 0 Å². The van der Waals surface area contributed by atoms with Gasteiger partial charge in [0.1, 0.15) is 0 Å². The Balaban J connectivity index is 0.000000294. The summed E-state index contributed by atoms with van der Waals surface area (Å²) < 4.78 is 0. The Morgan fingerprint density at radius 1 is 0.409 bits per heavy atom. The number of nitrogens with zero attached hydrogens (tertiary/aromatic N) is 4. The third-order valence-corrected chi connectivity index (χ3v) is 11.9. The molecule has 260 valence electrons. The van der Waals surface area contributed by atoms with Gasteiger partial charge in [-0.1, -0.05) is 55.4 Å². The number of carbonyl (C=O) groups is 2. The van der Waals surface area contributed by atoms with Crippen molar-refractivity contribution < 1.29 is 9.59 Å². The molecule has 2 amide bonds. The summed E-state index contributed by atoms with van der Waals surface area (Å²) in [5.74, 6) is 7.45. The fraction of sp³-hybridized carbons (Fsp3) is 0.947. The van der Waals surface area contributed by atoms with Crippen LogP contribution in [0.3, 0.4) is 0 Å². The lowest BCUT2D eigenvalue weighted by Gasteiger charge is -2.42. The van der Waals surface area contributed by atoms with Crippen molar-refractivity contribution in [3.8, 4) is 0 Å². The standard InChI is InChI=1S/2C10H19NO.2C9H19N/c2*1-7(2)9-5-10(6-9)11(4)8(3)12;2*1-7(2)8-5-9(6-8)10(3)4/h2*7,9-10H,5-6H2,1-4H3;2*7-9H,5-6H2,1-4H3. The SMILES string of the molecule is CC(=O)N(C)C1CC(C(C)C)C1.CC(=O)N(C)C1CC(C(C)C)C1.CC(C)C1CC(N(C)C)C1.CC(C)C1CC(N(C)C)C1. The summed E-state index contributed by atoms with van der Waals surface area (Å²) >= 11 is 0. The average Bonchev–Trinajstić information content (AvgIpc) is 2.74. The van der Waals surface area contributed by atoms with E-state index in [1.807, 2.05) is 23.9 Å². The van der Waals surface area contributed by atoms with Gasteiger partial charge in [0.05, 0.1) is 0 Å². The largest absolute Gasteiger partial charge is 0.343 e. The molecule has 0 spiro atoms. The van der Waals surface area contributed by atoms with E-state index < -0.39 is 0 Å². The summed E-state index contributed by atoms with van der Waals surface area (Å²) in [6, 6.07) is 2.81. The van der Waals surface area contributed by atoms with Crippen LogP contribution in [0.2, 0.25) is 0 Å². The van der Waals surface area contributed by atoms with Gasteiger partial charge in [0.2, 0.25) is 11.8 Å². The molecule has 0 unspecified atom stereocenters. The Kier molecular flexibility index (Phi) is 17.5. The molecule has 0 aromatic heterocycles. The summed E-state index contributed by atoms with van der Waals surface area (Å²) in [7, 11) is 12.5. The van der Waals surface area contributed by atoms with Crippen LogP contribution in [0, 0.1) is 47.3 Å². The van der Waals surface area contributed by atoms with Crippen LogP contribution in [-0.4, -0.2) is 97.9 Å². The van der Waals surface area contributed by atoms with Crippen LogP contribution in [0.1, 0.15) is 121 Å². The van der Waals surface area contributed by atoms with Gasteiger partial charge in [0.15, 0.2) is 0 Å². The van der Waals surface area contributed by atoms with Crippen LogP contribution in [0.4, 0.5) is 0 Å². The van der Waals surface area contributed by atoms with Crippen molar-refractivity contribution in [3.63, 3.8) is 0 Å². The van der Waals surface area contributed by atoms with E-state index in [1.54, 1.807) is 13.8 Å². The van der Waals surface area contributed by atoms with E-state index in [2.05, 4.69) is 93.4 Å². The van der Waals surface area contributed by atoms with E-state index >= 15 is 0 Å². The molecular formula is C38H76N4O2. The number of hydrogen-bond acceptors (Lipinski definition) is 4. The summed E-state index contributed by atoms with van der Waals surface area (Å²) in [6.07, 6.45) is 10.5. The number of carbonyl (C=O) groups excluding carboxylic acids is 2. The first kappa shape index (κ1) is 40.9. The third kappa shape index (κ3) is 12.9. The highest BCUT2D eigenvalue weighted by atomic mass is 16.2. The molecule has 0 heterocycles. The second-order valence-corrected chi connectivity index (χ2v) is 16.7. The molecule has 6 heteroatoms. The molecule has 0 aliphatic heterocycles. The first-order valence-electron chi connectivity index (χ1n) is 18.1. The zero-order valence-corrected chi connectivity index (χ0v) is 32.2. The van der Waals surface area contributed by atoms with Crippen LogP contribution in [0.5, 0.6) is 0 Å². The van der Waals surface area contributed by atoms with Crippen LogP contribution in [0.25, 0.3) is 0 Å². The fourth-order valence-corrected chi connectivity index (χ4v) is 6.69. The zero-order chi connectivity index (χ0) is 34.0. The minimum absolute atomic E-state index is 0.196. The van der Waals surface area contributed by atoms with E-state index in [1.165, 1.54) is 51.4 Å². The minimum Gasteiger partial charge on any atom is -0.343 e. The maximum Gasteiger partial charge on any atom is 0.219 e. The molecule has 44 heavy (non-hydrogen) atoms. The Morgan fingerprint density at radius 3 is 0.727 bits per heavy atom. The lowest BCUT2D eigenvalue weighted by atomic mass is 9.73. The molecule has 0 saturated heterocycles. The van der Waals surface area contributed by atoms with Crippen molar-refractivity contribution in [2.24, 2.45) is 47.3 Å². The van der Waals surface area contributed by atoms with Gasteiger partial charge in [-0.2, -0.15) is 0 Å². The molecule has 0 aromatic carbocycles. The molecule has 6 nitrogen and oxygen atoms in total. The molecule has 4 aliphatic carbocycles. The van der Waals surface area contributed by atoms with Crippen LogP contribution in [0.15, 0.2) is 0 Å². The molecule has 4 rings (SSSR count). The molecule has 4 fully saturated rings. The summed E-state index contributed by atoms with van der Waals surface area (Å²) in [5.41, 5.74) is 0. The maximum atomic E-state index is 11.0. The zero-order valence-electron chi connectivity index (χ0n) is 32.2. The molecule has 0 bridgehead atoms. The van der Waals surface area contributed by atoms with Crippen molar-refractivity contribution in [2.45, 2.75) is 145 Å². The van der Waals surface area contributed by atoms with Gasteiger partial charge in [-0.3, -0.25) is 9.59 Å². The summed E-state index contributed by atoms with van der Waals surface area (Å²) in [6.45, 7) is 21.6. The molecule has 4 aliphatic rings. The molecule has 4 saturated carbocycles. The van der Waals surface area contributed by atoms with Gasteiger partial charge < -0.3 is 19.6 Å². The molecule has 0 atom stereocenters.